The zero-order valence-electron chi connectivity index (χ0n) is 24.7. The summed E-state index contributed by atoms with van der Waals surface area (Å²) < 4.78 is 21.9. The van der Waals surface area contributed by atoms with Gasteiger partial charge in [-0.3, -0.25) is 4.79 Å². The van der Waals surface area contributed by atoms with E-state index in [9.17, 15) is 9.59 Å². The Morgan fingerprint density at radius 1 is 0.775 bits per heavy atom. The fourth-order valence-corrected chi connectivity index (χ4v) is 5.50. The van der Waals surface area contributed by atoms with Crippen molar-refractivity contribution >= 4 is 11.9 Å². The van der Waals surface area contributed by atoms with Crippen LogP contribution >= 0.6 is 0 Å². The van der Waals surface area contributed by atoms with Gasteiger partial charge < -0.3 is 18.6 Å². The first-order valence-electron chi connectivity index (χ1n) is 15.8. The van der Waals surface area contributed by atoms with Gasteiger partial charge >= 0.3 is 11.9 Å². The zero-order chi connectivity index (χ0) is 28.4. The smallest absolute Gasteiger partial charge is 0.377 e. The molecule has 1 heterocycles. The van der Waals surface area contributed by atoms with Crippen LogP contribution in [-0.4, -0.2) is 24.8 Å². The second-order valence-electron chi connectivity index (χ2n) is 11.2. The number of unbranched alkanes of at least 4 members (excludes halogenated alkanes) is 11. The molecule has 1 saturated carbocycles. The summed E-state index contributed by atoms with van der Waals surface area (Å²) in [5, 5.41) is 0. The minimum atomic E-state index is -0.984. The van der Waals surface area contributed by atoms with Gasteiger partial charge in [-0.25, -0.2) is 4.79 Å². The van der Waals surface area contributed by atoms with E-state index in [1.807, 2.05) is 6.07 Å². The lowest BCUT2D eigenvalue weighted by Crippen LogP contribution is -2.28. The number of rotatable bonds is 19. The molecule has 2 aromatic rings. The van der Waals surface area contributed by atoms with Gasteiger partial charge in [0, 0.05) is 13.0 Å². The van der Waals surface area contributed by atoms with Gasteiger partial charge in [0.2, 0.25) is 12.1 Å². The molecule has 3 rings (SSSR count). The van der Waals surface area contributed by atoms with E-state index in [1.54, 1.807) is 13.0 Å². The predicted molar refractivity (Wildman–Crippen MR) is 157 cm³/mol. The number of benzene rings is 1. The van der Waals surface area contributed by atoms with E-state index < -0.39 is 12.3 Å². The van der Waals surface area contributed by atoms with Crippen LogP contribution in [-0.2, 0) is 14.3 Å². The molecule has 40 heavy (non-hydrogen) atoms. The van der Waals surface area contributed by atoms with Crippen LogP contribution in [0.3, 0.4) is 0 Å². The second-order valence-corrected chi connectivity index (χ2v) is 11.2. The van der Waals surface area contributed by atoms with Crippen LogP contribution in [0.2, 0.25) is 0 Å². The number of carbonyl (C=O) groups is 2. The first-order chi connectivity index (χ1) is 19.6. The molecule has 0 N–H and O–H groups in total. The third-order valence-corrected chi connectivity index (χ3v) is 7.91. The van der Waals surface area contributed by atoms with E-state index in [2.05, 4.69) is 31.2 Å². The Balaban J connectivity index is 1.22. The molecular weight excluding hydrogens is 504 g/mol. The van der Waals surface area contributed by atoms with Crippen molar-refractivity contribution < 1.29 is 28.2 Å². The topological polar surface area (TPSA) is 75.0 Å². The number of furan rings is 1. The Bertz CT molecular complexity index is 960. The maximum atomic E-state index is 12.6. The zero-order valence-corrected chi connectivity index (χ0v) is 24.7. The molecule has 1 fully saturated rings. The van der Waals surface area contributed by atoms with Gasteiger partial charge in [-0.05, 0) is 49.7 Å². The molecule has 222 valence electrons. The highest BCUT2D eigenvalue weighted by atomic mass is 16.7. The molecular formula is C34H50O6. The van der Waals surface area contributed by atoms with Crippen LogP contribution < -0.4 is 4.74 Å². The molecule has 0 radical (unpaired) electrons. The van der Waals surface area contributed by atoms with E-state index in [4.69, 9.17) is 18.6 Å². The number of carbonyl (C=O) groups excluding carboxylic acids is 2. The molecule has 0 aliphatic heterocycles. The van der Waals surface area contributed by atoms with Crippen LogP contribution in [0.4, 0.5) is 0 Å². The minimum Gasteiger partial charge on any atom is -0.465 e. The molecule has 0 saturated heterocycles. The summed E-state index contributed by atoms with van der Waals surface area (Å²) in [6.07, 6.45) is 17.9. The lowest BCUT2D eigenvalue weighted by molar-refractivity contribution is -0.171. The monoisotopic (exact) mass is 554 g/mol. The Labute approximate surface area is 241 Å². The average Bonchev–Trinajstić information content (AvgIpc) is 3.45. The lowest BCUT2D eigenvalue weighted by Gasteiger charge is -2.28. The predicted octanol–water partition coefficient (Wildman–Crippen LogP) is 9.38. The van der Waals surface area contributed by atoms with Gasteiger partial charge in [0.1, 0.15) is 0 Å². The van der Waals surface area contributed by atoms with Gasteiger partial charge in [0.25, 0.3) is 5.95 Å². The lowest BCUT2D eigenvalue weighted by atomic mass is 9.79. The molecule has 1 aromatic heterocycles. The number of hydrogen-bond acceptors (Lipinski definition) is 6. The third kappa shape index (κ3) is 11.8. The van der Waals surface area contributed by atoms with Crippen LogP contribution in [0, 0.1) is 5.92 Å². The summed E-state index contributed by atoms with van der Waals surface area (Å²) in [4.78, 5) is 25.1. The Hall–Kier alpha value is -2.76. The molecule has 1 aliphatic rings. The van der Waals surface area contributed by atoms with Crippen LogP contribution in [0.25, 0.3) is 0 Å². The standard InChI is InChI=1S/C34H50O6/c1-3-4-5-6-7-8-9-10-11-12-13-17-26-37-32-25-24-31(40-32)34(36)39-27(2)38-33(35)30-22-20-29(21-23-30)28-18-15-14-16-19-28/h14-16,18-19,24-25,27,29-30H,3-13,17,20-23,26H2,1-2H3. The van der Waals surface area contributed by atoms with Gasteiger partial charge in [0.15, 0.2) is 0 Å². The highest BCUT2D eigenvalue weighted by molar-refractivity contribution is 5.86. The Morgan fingerprint density at radius 3 is 2.00 bits per heavy atom. The van der Waals surface area contributed by atoms with E-state index in [0.717, 1.165) is 38.5 Å². The van der Waals surface area contributed by atoms with E-state index in [0.29, 0.717) is 18.5 Å². The first kappa shape index (κ1) is 31.8. The fourth-order valence-electron chi connectivity index (χ4n) is 5.50. The fraction of sp³-hybridized carbons (Fsp3) is 0.647. The summed E-state index contributed by atoms with van der Waals surface area (Å²) >= 11 is 0. The van der Waals surface area contributed by atoms with Crippen molar-refractivity contribution in [3.8, 4) is 5.95 Å². The number of hydrogen-bond donors (Lipinski definition) is 0. The summed E-state index contributed by atoms with van der Waals surface area (Å²) in [5.74, 6) is -0.322. The summed E-state index contributed by atoms with van der Waals surface area (Å²) in [6, 6.07) is 13.6. The van der Waals surface area contributed by atoms with Gasteiger partial charge in [0.05, 0.1) is 12.5 Å². The summed E-state index contributed by atoms with van der Waals surface area (Å²) in [5.41, 5.74) is 1.33. The van der Waals surface area contributed by atoms with E-state index in [1.165, 1.54) is 75.8 Å². The van der Waals surface area contributed by atoms with Gasteiger partial charge in [-0.1, -0.05) is 108 Å². The number of ether oxygens (including phenoxy) is 3. The molecule has 0 spiro atoms. The molecule has 6 heteroatoms. The maximum absolute atomic E-state index is 12.6. The van der Waals surface area contributed by atoms with Crippen LogP contribution in [0.1, 0.15) is 139 Å². The van der Waals surface area contributed by atoms with Crippen LogP contribution in [0.15, 0.2) is 46.9 Å². The van der Waals surface area contributed by atoms with Crippen molar-refractivity contribution in [2.45, 2.75) is 129 Å². The molecule has 0 amide bonds. The quantitative estimate of drug-likeness (QED) is 0.0978. The second kappa shape index (κ2) is 18.6. The summed E-state index contributed by atoms with van der Waals surface area (Å²) in [7, 11) is 0. The molecule has 6 nitrogen and oxygen atoms in total. The molecule has 1 atom stereocenters. The van der Waals surface area contributed by atoms with Crippen molar-refractivity contribution in [1.29, 1.82) is 0 Å². The number of esters is 2. The summed E-state index contributed by atoms with van der Waals surface area (Å²) in [6.45, 7) is 4.37. The maximum Gasteiger partial charge on any atom is 0.377 e. The van der Waals surface area contributed by atoms with Crippen molar-refractivity contribution in [1.82, 2.24) is 0 Å². The normalized spacial score (nSPS) is 17.8. The van der Waals surface area contributed by atoms with E-state index >= 15 is 0 Å². The van der Waals surface area contributed by atoms with Gasteiger partial charge in [-0.15, -0.1) is 0 Å². The molecule has 1 unspecified atom stereocenters. The van der Waals surface area contributed by atoms with Gasteiger partial charge in [-0.2, -0.15) is 0 Å². The first-order valence-corrected chi connectivity index (χ1v) is 15.8. The minimum absolute atomic E-state index is 0.0379. The molecule has 1 aromatic carbocycles. The largest absolute Gasteiger partial charge is 0.465 e. The molecule has 1 aliphatic carbocycles. The van der Waals surface area contributed by atoms with Crippen molar-refractivity contribution in [2.24, 2.45) is 5.92 Å². The highest BCUT2D eigenvalue weighted by Gasteiger charge is 2.30. The van der Waals surface area contributed by atoms with Crippen molar-refractivity contribution in [2.75, 3.05) is 6.61 Å². The van der Waals surface area contributed by atoms with E-state index in [-0.39, 0.29) is 17.6 Å². The van der Waals surface area contributed by atoms with Crippen molar-refractivity contribution in [3.05, 3.63) is 53.8 Å². The van der Waals surface area contributed by atoms with Crippen LogP contribution in [0.5, 0.6) is 5.95 Å². The molecule has 0 bridgehead atoms. The Kier molecular flexibility index (Phi) is 14.7. The Morgan fingerprint density at radius 2 is 1.38 bits per heavy atom. The third-order valence-electron chi connectivity index (χ3n) is 7.91. The highest BCUT2D eigenvalue weighted by Crippen LogP contribution is 2.36. The average molecular weight is 555 g/mol. The van der Waals surface area contributed by atoms with Crippen molar-refractivity contribution in [3.63, 3.8) is 0 Å². The SMILES string of the molecule is CCCCCCCCCCCCCCOc1ccc(C(=O)OC(C)OC(=O)C2CCC(c3ccccc3)CC2)o1.